The van der Waals surface area contributed by atoms with Crippen molar-refractivity contribution in [2.24, 2.45) is 50.2 Å². The van der Waals surface area contributed by atoms with Crippen molar-refractivity contribution >= 4 is 5.97 Å². The largest absolute Gasteiger partial charge is 0.481 e. The van der Waals surface area contributed by atoms with Crippen LogP contribution in [0.3, 0.4) is 0 Å². The Kier molecular flexibility index (Phi) is 5.20. The van der Waals surface area contributed by atoms with E-state index < -0.39 is 17.5 Å². The van der Waals surface area contributed by atoms with Crippen LogP contribution in [0.5, 0.6) is 0 Å². The van der Waals surface area contributed by atoms with Gasteiger partial charge in [0.1, 0.15) is 0 Å². The van der Waals surface area contributed by atoms with Crippen LogP contribution in [0.4, 0.5) is 0 Å². The van der Waals surface area contributed by atoms with Crippen molar-refractivity contribution < 1.29 is 20.1 Å². The van der Waals surface area contributed by atoms with Crippen molar-refractivity contribution in [2.45, 2.75) is 118 Å². The lowest BCUT2D eigenvalue weighted by atomic mass is 9.33. The molecular weight excluding hydrogens is 424 g/mol. The quantitative estimate of drug-likeness (QED) is 0.397. The first kappa shape index (κ1) is 24.8. The highest BCUT2D eigenvalue weighted by Crippen LogP contribution is 2.75. The molecule has 4 heteroatoms. The number of carboxylic acids is 1. The Morgan fingerprint density at radius 2 is 1.53 bits per heavy atom. The minimum Gasteiger partial charge on any atom is -0.481 e. The average Bonchev–Trinajstić information content (AvgIpc) is 2.72. The third kappa shape index (κ3) is 2.82. The van der Waals surface area contributed by atoms with Gasteiger partial charge in [0, 0.05) is 0 Å². The molecule has 0 aromatic carbocycles. The molecule has 4 nitrogen and oxygen atoms in total. The summed E-state index contributed by atoms with van der Waals surface area (Å²) < 4.78 is 0. The predicted octanol–water partition coefficient (Wildman–Crippen LogP) is 6.20. The first-order valence-electron chi connectivity index (χ1n) is 13.9. The van der Waals surface area contributed by atoms with Crippen LogP contribution in [0, 0.1) is 50.2 Å². The van der Waals surface area contributed by atoms with E-state index in [4.69, 9.17) is 0 Å². The van der Waals surface area contributed by atoms with Crippen molar-refractivity contribution in [3.05, 3.63) is 11.6 Å². The van der Waals surface area contributed by atoms with Gasteiger partial charge in [-0.2, -0.15) is 0 Å². The van der Waals surface area contributed by atoms with E-state index >= 15 is 0 Å². The molecule has 4 fully saturated rings. The smallest absolute Gasteiger partial charge is 0.310 e. The van der Waals surface area contributed by atoms with E-state index in [1.54, 1.807) is 0 Å². The molecule has 0 spiro atoms. The van der Waals surface area contributed by atoms with E-state index in [2.05, 4.69) is 54.5 Å². The van der Waals surface area contributed by atoms with E-state index in [-0.39, 0.29) is 39.1 Å². The molecule has 0 saturated heterocycles. The van der Waals surface area contributed by atoms with Crippen LogP contribution >= 0.6 is 0 Å². The highest BCUT2D eigenvalue weighted by atomic mass is 16.4. The highest BCUT2D eigenvalue weighted by Gasteiger charge is 2.69. The molecule has 9 atom stereocenters. The van der Waals surface area contributed by atoms with Crippen LogP contribution in [0.25, 0.3) is 0 Å². The Hall–Kier alpha value is -0.870. The van der Waals surface area contributed by atoms with Gasteiger partial charge in [-0.3, -0.25) is 4.79 Å². The molecule has 0 aromatic heterocycles. The molecule has 0 heterocycles. The number of fused-ring (bicyclic) bond motifs is 7. The van der Waals surface area contributed by atoms with Crippen LogP contribution < -0.4 is 0 Å². The summed E-state index contributed by atoms with van der Waals surface area (Å²) in [5, 5.41) is 32.3. The number of aliphatic carboxylic acids is 1. The van der Waals surface area contributed by atoms with Crippen LogP contribution in [-0.2, 0) is 4.79 Å². The normalized spacial score (nSPS) is 53.4. The van der Waals surface area contributed by atoms with Crippen LogP contribution in [-0.4, -0.2) is 33.5 Å². The lowest BCUT2D eigenvalue weighted by Gasteiger charge is -2.71. The Balaban J connectivity index is 1.60. The maximum Gasteiger partial charge on any atom is 0.310 e. The number of rotatable bonds is 1. The maximum absolute atomic E-state index is 12.8. The van der Waals surface area contributed by atoms with E-state index in [0.29, 0.717) is 24.7 Å². The molecule has 5 rings (SSSR count). The number of aliphatic hydroxyl groups excluding tert-OH is 2. The number of carbonyl (C=O) groups is 1. The predicted molar refractivity (Wildman–Crippen MR) is 134 cm³/mol. The van der Waals surface area contributed by atoms with Gasteiger partial charge in [-0.05, 0) is 103 Å². The molecule has 0 bridgehead atoms. The van der Waals surface area contributed by atoms with Gasteiger partial charge >= 0.3 is 5.97 Å². The fourth-order valence-electron chi connectivity index (χ4n) is 10.6. The monoisotopic (exact) mass is 472 g/mol. The van der Waals surface area contributed by atoms with Crippen LogP contribution in [0.15, 0.2) is 11.6 Å². The summed E-state index contributed by atoms with van der Waals surface area (Å²) in [6, 6.07) is 0. The van der Waals surface area contributed by atoms with Gasteiger partial charge < -0.3 is 15.3 Å². The molecule has 5 aliphatic rings. The van der Waals surface area contributed by atoms with Crippen molar-refractivity contribution in [1.29, 1.82) is 0 Å². The molecule has 0 amide bonds. The van der Waals surface area contributed by atoms with Crippen molar-refractivity contribution in [3.8, 4) is 0 Å². The van der Waals surface area contributed by atoms with Gasteiger partial charge in [0.05, 0.1) is 17.6 Å². The Morgan fingerprint density at radius 3 is 2.18 bits per heavy atom. The highest BCUT2D eigenvalue weighted by molar-refractivity contribution is 5.77. The zero-order chi connectivity index (χ0) is 25.1. The molecule has 34 heavy (non-hydrogen) atoms. The van der Waals surface area contributed by atoms with E-state index in [1.165, 1.54) is 5.57 Å². The Labute approximate surface area is 206 Å². The fourth-order valence-corrected chi connectivity index (χ4v) is 10.6. The van der Waals surface area contributed by atoms with Gasteiger partial charge in [-0.1, -0.05) is 60.1 Å². The number of aliphatic hydroxyl groups is 2. The average molecular weight is 473 g/mol. The molecule has 0 radical (unpaired) electrons. The second-order valence-electron chi connectivity index (χ2n) is 15.1. The molecule has 192 valence electrons. The van der Waals surface area contributed by atoms with Crippen molar-refractivity contribution in [3.63, 3.8) is 0 Å². The second-order valence-corrected chi connectivity index (χ2v) is 15.1. The summed E-state index contributed by atoms with van der Waals surface area (Å²) in [6.45, 7) is 16.3. The molecule has 0 unspecified atom stereocenters. The first-order valence-corrected chi connectivity index (χ1v) is 13.9. The minimum atomic E-state index is -0.832. The molecule has 4 saturated carbocycles. The molecular formula is C30H48O4. The standard InChI is InChI=1S/C30H48O4/c1-25(2)16-19-18-8-9-21-27(5)12-11-22(31)26(3,4)20(27)10-13-29(21,7)28(18,6)14-15-30(19,24(33)34)17-23(25)32/h8,19-23,31-32H,9-17H2,1-7H3,(H,33,34)/t19-,20-,21+,22-,23+,27-,28+,29+,30+/m0/s1. The molecule has 0 aliphatic heterocycles. The van der Waals surface area contributed by atoms with Crippen molar-refractivity contribution in [1.82, 2.24) is 0 Å². The third-order valence-corrected chi connectivity index (χ3v) is 13.2. The SMILES string of the molecule is CC1(C)C[C@H]2C3=CC[C@@H]4[C@@]5(C)CC[C@H](O)C(C)(C)[C@@H]5CC[C@@]4(C)[C@]3(C)CC[C@@]2(C(=O)O)C[C@H]1O. The van der Waals surface area contributed by atoms with Gasteiger partial charge in [-0.25, -0.2) is 0 Å². The van der Waals surface area contributed by atoms with Gasteiger partial charge in [-0.15, -0.1) is 0 Å². The zero-order valence-electron chi connectivity index (χ0n) is 22.6. The molecule has 0 aromatic rings. The Morgan fingerprint density at radius 1 is 0.853 bits per heavy atom. The zero-order valence-corrected chi connectivity index (χ0v) is 22.6. The summed E-state index contributed by atoms with van der Waals surface area (Å²) in [5.41, 5.74) is 0.558. The molecule has 5 aliphatic carbocycles. The lowest BCUT2D eigenvalue weighted by molar-refractivity contribution is -0.208. The Bertz CT molecular complexity index is 919. The van der Waals surface area contributed by atoms with Crippen LogP contribution in [0.2, 0.25) is 0 Å². The summed E-state index contributed by atoms with van der Waals surface area (Å²) in [4.78, 5) is 12.8. The van der Waals surface area contributed by atoms with E-state index in [0.717, 1.165) is 44.9 Å². The molecule has 3 N–H and O–H groups in total. The van der Waals surface area contributed by atoms with Gasteiger partial charge in [0.25, 0.3) is 0 Å². The number of carboxylic acid groups (broad SMARTS) is 1. The third-order valence-electron chi connectivity index (χ3n) is 13.2. The fraction of sp³-hybridized carbons (Fsp3) is 0.900. The topological polar surface area (TPSA) is 77.8 Å². The number of allylic oxidation sites excluding steroid dienone is 2. The second kappa shape index (κ2) is 7.12. The van der Waals surface area contributed by atoms with Gasteiger partial charge in [0.2, 0.25) is 0 Å². The van der Waals surface area contributed by atoms with Crippen molar-refractivity contribution in [2.75, 3.05) is 0 Å². The summed E-state index contributed by atoms with van der Waals surface area (Å²) >= 11 is 0. The van der Waals surface area contributed by atoms with Gasteiger partial charge in [0.15, 0.2) is 0 Å². The summed E-state index contributed by atoms with van der Waals surface area (Å²) in [7, 11) is 0. The summed E-state index contributed by atoms with van der Waals surface area (Å²) in [6.07, 6.45) is 9.68. The first-order chi connectivity index (χ1) is 15.6. The van der Waals surface area contributed by atoms with E-state index in [9.17, 15) is 20.1 Å². The number of hydrogen-bond donors (Lipinski definition) is 3. The van der Waals surface area contributed by atoms with E-state index in [1.807, 2.05) is 0 Å². The lowest BCUT2D eigenvalue weighted by Crippen LogP contribution is -2.65. The number of hydrogen-bond acceptors (Lipinski definition) is 3. The van der Waals surface area contributed by atoms with Crippen LogP contribution in [0.1, 0.15) is 106 Å². The minimum absolute atomic E-state index is 0.00785. The summed E-state index contributed by atoms with van der Waals surface area (Å²) in [5.74, 6) is 0.376. The maximum atomic E-state index is 12.8.